The molecule has 14 heavy (non-hydrogen) atoms. The average Bonchev–Trinajstić information content (AvgIpc) is 1.74. The second-order valence-corrected chi connectivity index (χ2v) is 5.60. The molecule has 1 aliphatic rings. The summed E-state index contributed by atoms with van der Waals surface area (Å²) in [5.74, 6) is 1.20. The smallest absolute Gasteiger partial charge is 0.223 e. The minimum Gasteiger partial charge on any atom is -0.351 e. The monoisotopic (exact) mass is 199 g/mol. The molecule has 0 spiro atoms. The number of nitrogens with one attached hydrogen (secondary N) is 1. The minimum atomic E-state index is -0.0408. The van der Waals surface area contributed by atoms with Crippen LogP contribution in [0.2, 0.25) is 0 Å². The zero-order valence-electron chi connectivity index (χ0n) is 9.89. The standard InChI is InChI=1S/C12H23NO.H2/c1-9(2)8-12(3,4)13-11(14)10-6-5-7-10;/h9-10H,5-8H2,1-4H3,(H,13,14);1H. The lowest BCUT2D eigenvalue weighted by atomic mass is 9.83. The molecule has 2 nitrogen and oxygen atoms in total. The number of carbonyl (C=O) groups excluding carboxylic acids is 1. The van der Waals surface area contributed by atoms with Crippen molar-refractivity contribution in [3.8, 4) is 0 Å². The van der Waals surface area contributed by atoms with Crippen LogP contribution in [0.3, 0.4) is 0 Å². The molecule has 1 amide bonds. The summed E-state index contributed by atoms with van der Waals surface area (Å²) >= 11 is 0. The van der Waals surface area contributed by atoms with Crippen LogP contribution < -0.4 is 5.32 Å². The van der Waals surface area contributed by atoms with Crippen molar-refractivity contribution in [2.45, 2.75) is 58.9 Å². The molecule has 84 valence electrons. The van der Waals surface area contributed by atoms with E-state index in [1.54, 1.807) is 0 Å². The highest BCUT2D eigenvalue weighted by molar-refractivity contribution is 5.80. The van der Waals surface area contributed by atoms with Crippen LogP contribution in [-0.4, -0.2) is 11.4 Å². The molecule has 1 rings (SSSR count). The lowest BCUT2D eigenvalue weighted by molar-refractivity contribution is -0.129. The fourth-order valence-electron chi connectivity index (χ4n) is 2.18. The lowest BCUT2D eigenvalue weighted by Gasteiger charge is -2.32. The van der Waals surface area contributed by atoms with Gasteiger partial charge in [-0.25, -0.2) is 0 Å². The Labute approximate surface area is 88.9 Å². The van der Waals surface area contributed by atoms with Gasteiger partial charge in [0.25, 0.3) is 0 Å². The number of hydrogen-bond acceptors (Lipinski definition) is 1. The Bertz CT molecular complexity index is 210. The minimum absolute atomic E-state index is 0. The quantitative estimate of drug-likeness (QED) is 0.741. The zero-order chi connectivity index (χ0) is 10.8. The maximum Gasteiger partial charge on any atom is 0.223 e. The van der Waals surface area contributed by atoms with Crippen LogP contribution in [0.15, 0.2) is 0 Å². The Kier molecular flexibility index (Phi) is 3.57. The van der Waals surface area contributed by atoms with E-state index in [1.165, 1.54) is 6.42 Å². The van der Waals surface area contributed by atoms with E-state index in [-0.39, 0.29) is 12.9 Å². The van der Waals surface area contributed by atoms with Crippen molar-refractivity contribution in [3.05, 3.63) is 0 Å². The first-order valence-electron chi connectivity index (χ1n) is 5.73. The maximum absolute atomic E-state index is 11.7. The Balaban J connectivity index is 0.00000196. The second-order valence-electron chi connectivity index (χ2n) is 5.60. The first-order valence-corrected chi connectivity index (χ1v) is 5.73. The highest BCUT2D eigenvalue weighted by Gasteiger charge is 2.29. The van der Waals surface area contributed by atoms with Gasteiger partial charge in [0.1, 0.15) is 0 Å². The fraction of sp³-hybridized carbons (Fsp3) is 0.917. The van der Waals surface area contributed by atoms with Gasteiger partial charge in [-0.3, -0.25) is 4.79 Å². The van der Waals surface area contributed by atoms with Crippen LogP contribution in [0.25, 0.3) is 0 Å². The summed E-state index contributed by atoms with van der Waals surface area (Å²) in [6.07, 6.45) is 4.45. The van der Waals surface area contributed by atoms with Crippen LogP contribution in [0, 0.1) is 11.8 Å². The predicted octanol–water partition coefficient (Wildman–Crippen LogP) is 2.97. The van der Waals surface area contributed by atoms with Gasteiger partial charge in [0, 0.05) is 12.9 Å². The highest BCUT2D eigenvalue weighted by Crippen LogP contribution is 2.27. The van der Waals surface area contributed by atoms with Gasteiger partial charge in [0.05, 0.1) is 0 Å². The predicted molar refractivity (Wildman–Crippen MR) is 61.1 cm³/mol. The van der Waals surface area contributed by atoms with E-state index in [4.69, 9.17) is 0 Å². The van der Waals surface area contributed by atoms with E-state index in [9.17, 15) is 4.79 Å². The SMILES string of the molecule is CC(C)CC(C)(C)NC(=O)C1CCC1.[HH]. The van der Waals surface area contributed by atoms with Crippen LogP contribution in [0.5, 0.6) is 0 Å². The lowest BCUT2D eigenvalue weighted by Crippen LogP contribution is -2.48. The Morgan fingerprint density at radius 1 is 1.50 bits per heavy atom. The van der Waals surface area contributed by atoms with Crippen molar-refractivity contribution in [2.24, 2.45) is 11.8 Å². The number of hydrogen-bond donors (Lipinski definition) is 1. The van der Waals surface area contributed by atoms with E-state index < -0.39 is 0 Å². The van der Waals surface area contributed by atoms with Crippen molar-refractivity contribution in [1.29, 1.82) is 0 Å². The third-order valence-corrected chi connectivity index (χ3v) is 2.86. The molecule has 0 bridgehead atoms. The van der Waals surface area contributed by atoms with Crippen molar-refractivity contribution in [2.75, 3.05) is 0 Å². The topological polar surface area (TPSA) is 29.1 Å². The first kappa shape index (κ1) is 11.5. The number of rotatable bonds is 4. The molecule has 0 aromatic heterocycles. The van der Waals surface area contributed by atoms with Crippen LogP contribution in [-0.2, 0) is 4.79 Å². The average molecular weight is 199 g/mol. The van der Waals surface area contributed by atoms with Gasteiger partial charge < -0.3 is 5.32 Å². The molecule has 1 saturated carbocycles. The summed E-state index contributed by atoms with van der Waals surface area (Å²) in [6.45, 7) is 8.61. The molecule has 0 aromatic carbocycles. The Morgan fingerprint density at radius 2 is 2.07 bits per heavy atom. The number of carbonyl (C=O) groups is 1. The molecule has 1 fully saturated rings. The first-order chi connectivity index (χ1) is 6.41. The van der Waals surface area contributed by atoms with Gasteiger partial charge in [-0.15, -0.1) is 0 Å². The van der Waals surface area contributed by atoms with Crippen molar-refractivity contribution in [1.82, 2.24) is 5.32 Å². The normalized spacial score (nSPS) is 18.1. The molecule has 0 radical (unpaired) electrons. The molecule has 0 unspecified atom stereocenters. The maximum atomic E-state index is 11.7. The van der Waals surface area contributed by atoms with Gasteiger partial charge in [0.2, 0.25) is 5.91 Å². The molecule has 0 heterocycles. The summed E-state index contributed by atoms with van der Waals surface area (Å²) in [4.78, 5) is 11.7. The molecule has 0 aromatic rings. The Hall–Kier alpha value is -0.530. The summed E-state index contributed by atoms with van der Waals surface area (Å²) in [6, 6.07) is 0. The molecule has 1 aliphatic carbocycles. The van der Waals surface area contributed by atoms with Gasteiger partial charge in [-0.1, -0.05) is 20.3 Å². The van der Waals surface area contributed by atoms with E-state index in [0.717, 1.165) is 19.3 Å². The summed E-state index contributed by atoms with van der Waals surface area (Å²) in [5.41, 5.74) is -0.0408. The molecule has 0 saturated heterocycles. The third-order valence-electron chi connectivity index (χ3n) is 2.86. The Morgan fingerprint density at radius 3 is 2.43 bits per heavy atom. The zero-order valence-corrected chi connectivity index (χ0v) is 9.89. The van der Waals surface area contributed by atoms with Crippen molar-refractivity contribution < 1.29 is 6.22 Å². The molecule has 0 atom stereocenters. The molecular formula is C12H25NO. The number of amides is 1. The third kappa shape index (κ3) is 3.32. The van der Waals surface area contributed by atoms with Crippen molar-refractivity contribution in [3.63, 3.8) is 0 Å². The van der Waals surface area contributed by atoms with Gasteiger partial charge in [-0.05, 0) is 39.0 Å². The van der Waals surface area contributed by atoms with Crippen LogP contribution in [0.4, 0.5) is 0 Å². The summed E-state index contributed by atoms with van der Waals surface area (Å²) in [7, 11) is 0. The van der Waals surface area contributed by atoms with Gasteiger partial charge in [0.15, 0.2) is 0 Å². The second kappa shape index (κ2) is 4.33. The van der Waals surface area contributed by atoms with E-state index in [2.05, 4.69) is 33.0 Å². The molecule has 0 aliphatic heterocycles. The fourth-order valence-corrected chi connectivity index (χ4v) is 2.18. The van der Waals surface area contributed by atoms with Gasteiger partial charge >= 0.3 is 0 Å². The summed E-state index contributed by atoms with van der Waals surface area (Å²) in [5, 5.41) is 3.15. The highest BCUT2D eigenvalue weighted by atomic mass is 16.2. The van der Waals surface area contributed by atoms with E-state index >= 15 is 0 Å². The molecular weight excluding hydrogens is 174 g/mol. The van der Waals surface area contributed by atoms with Crippen LogP contribution >= 0.6 is 0 Å². The molecule has 2 heteroatoms. The van der Waals surface area contributed by atoms with E-state index in [1.807, 2.05) is 0 Å². The van der Waals surface area contributed by atoms with E-state index in [0.29, 0.717) is 11.8 Å². The van der Waals surface area contributed by atoms with Crippen molar-refractivity contribution >= 4 is 5.91 Å². The van der Waals surface area contributed by atoms with Gasteiger partial charge in [-0.2, -0.15) is 0 Å². The molecule has 1 N–H and O–H groups in total. The van der Waals surface area contributed by atoms with Crippen LogP contribution in [0.1, 0.15) is 54.8 Å². The largest absolute Gasteiger partial charge is 0.351 e. The summed E-state index contributed by atoms with van der Waals surface area (Å²) < 4.78 is 0.